The maximum atomic E-state index is 13.4. The van der Waals surface area contributed by atoms with Gasteiger partial charge in [-0.1, -0.05) is 23.2 Å². The average molecular weight is 477 g/mol. The summed E-state index contributed by atoms with van der Waals surface area (Å²) >= 11 is 13.5. The van der Waals surface area contributed by atoms with Crippen LogP contribution >= 0.6 is 34.7 Å². The molecule has 0 fully saturated rings. The van der Waals surface area contributed by atoms with Gasteiger partial charge in [-0.15, -0.1) is 0 Å². The minimum Gasteiger partial charge on any atom is -0.442 e. The molecule has 0 amide bonds. The molecule has 0 unspecified atom stereocenters. The molecule has 0 N–H and O–H groups in total. The van der Waals surface area contributed by atoms with Crippen LogP contribution in [-0.4, -0.2) is 28.7 Å². The van der Waals surface area contributed by atoms with Gasteiger partial charge in [-0.05, 0) is 56.7 Å². The van der Waals surface area contributed by atoms with E-state index in [1.165, 1.54) is 18.2 Å². The lowest BCUT2D eigenvalue weighted by molar-refractivity contribution is 0.429. The van der Waals surface area contributed by atoms with E-state index in [1.807, 2.05) is 18.9 Å². The second-order valence-corrected chi connectivity index (χ2v) is 8.65. The van der Waals surface area contributed by atoms with Crippen molar-refractivity contribution in [3.05, 3.63) is 57.3 Å². The van der Waals surface area contributed by atoms with Crippen LogP contribution in [0.2, 0.25) is 10.0 Å². The summed E-state index contributed by atoms with van der Waals surface area (Å²) in [7, 11) is 1.95. The van der Waals surface area contributed by atoms with Crippen LogP contribution in [0.1, 0.15) is 25.0 Å². The highest BCUT2D eigenvalue weighted by Crippen LogP contribution is 2.41. The van der Waals surface area contributed by atoms with Crippen LogP contribution in [0.15, 0.2) is 35.3 Å². The van der Waals surface area contributed by atoms with E-state index >= 15 is 0 Å². The zero-order valence-electron chi connectivity index (χ0n) is 17.3. The maximum Gasteiger partial charge on any atom is 0.218 e. The molecular weight excluding hydrogens is 458 g/mol. The van der Waals surface area contributed by atoms with Gasteiger partial charge in [-0.2, -0.15) is 9.64 Å². The smallest absolute Gasteiger partial charge is 0.218 e. The third-order valence-corrected chi connectivity index (χ3v) is 5.94. The number of hydrogen-bond acceptors (Lipinski definition) is 5. The Morgan fingerprint density at radius 2 is 2.00 bits per heavy atom. The van der Waals surface area contributed by atoms with E-state index in [4.69, 9.17) is 27.9 Å². The molecule has 31 heavy (non-hydrogen) atoms. The molecule has 1 aromatic heterocycles. The van der Waals surface area contributed by atoms with Gasteiger partial charge in [0.15, 0.2) is 0 Å². The lowest BCUT2D eigenvalue weighted by Crippen LogP contribution is -2.24. The first-order chi connectivity index (χ1) is 14.7. The first-order valence-corrected chi connectivity index (χ1v) is 10.8. The van der Waals surface area contributed by atoms with Gasteiger partial charge in [0.05, 0.1) is 22.1 Å². The normalized spacial score (nSPS) is 11.2. The standard InChI is InChI=1S/C22H19Cl2FN4OS/c1-12(2)29(4)11-27-19-9-18(24)20(7-13(19)3)30-22-16(10-26)21(28-31-22)15-6-5-14(25)8-17(15)23/h5-9,11-12H,1-4H3/b27-11-. The molecule has 1 heterocycles. The average Bonchev–Trinajstić information content (AvgIpc) is 3.11. The molecule has 2 aromatic carbocycles. The summed E-state index contributed by atoms with van der Waals surface area (Å²) < 4.78 is 23.6. The van der Waals surface area contributed by atoms with Gasteiger partial charge in [0.25, 0.3) is 0 Å². The van der Waals surface area contributed by atoms with Gasteiger partial charge >= 0.3 is 0 Å². The molecule has 0 aliphatic heterocycles. The van der Waals surface area contributed by atoms with Crippen molar-refractivity contribution in [3.8, 4) is 28.1 Å². The van der Waals surface area contributed by atoms with Crippen LogP contribution in [-0.2, 0) is 0 Å². The van der Waals surface area contributed by atoms with E-state index in [-0.39, 0.29) is 15.6 Å². The molecule has 0 saturated heterocycles. The highest BCUT2D eigenvalue weighted by Gasteiger charge is 2.20. The molecule has 0 saturated carbocycles. The van der Waals surface area contributed by atoms with Gasteiger partial charge < -0.3 is 9.64 Å². The number of hydrogen-bond donors (Lipinski definition) is 0. The molecule has 0 atom stereocenters. The second-order valence-electron chi connectivity index (χ2n) is 7.10. The predicted octanol–water partition coefficient (Wildman–Crippen LogP) is 7.23. The monoisotopic (exact) mass is 476 g/mol. The number of aryl methyl sites for hydroxylation is 1. The van der Waals surface area contributed by atoms with Crippen LogP contribution in [0.25, 0.3) is 11.3 Å². The van der Waals surface area contributed by atoms with Crippen molar-refractivity contribution >= 4 is 46.8 Å². The van der Waals surface area contributed by atoms with Crippen molar-refractivity contribution in [1.29, 1.82) is 5.26 Å². The topological polar surface area (TPSA) is 61.5 Å². The summed E-state index contributed by atoms with van der Waals surface area (Å²) in [5.41, 5.74) is 2.56. The van der Waals surface area contributed by atoms with Crippen LogP contribution < -0.4 is 4.74 Å². The molecule has 0 aliphatic rings. The molecule has 3 rings (SSSR count). The Kier molecular flexibility index (Phi) is 7.16. The fourth-order valence-electron chi connectivity index (χ4n) is 2.56. The van der Waals surface area contributed by atoms with E-state index in [1.54, 1.807) is 18.5 Å². The Balaban J connectivity index is 1.92. The zero-order chi connectivity index (χ0) is 22.7. The van der Waals surface area contributed by atoms with E-state index in [9.17, 15) is 9.65 Å². The van der Waals surface area contributed by atoms with Crippen molar-refractivity contribution < 1.29 is 9.13 Å². The lowest BCUT2D eigenvalue weighted by atomic mass is 10.1. The number of ether oxygens (including phenoxy) is 1. The van der Waals surface area contributed by atoms with Crippen molar-refractivity contribution in [2.45, 2.75) is 26.8 Å². The molecule has 0 aliphatic carbocycles. The third kappa shape index (κ3) is 5.16. The third-order valence-electron chi connectivity index (χ3n) is 4.61. The summed E-state index contributed by atoms with van der Waals surface area (Å²) in [6.07, 6.45) is 1.75. The quantitative estimate of drug-likeness (QED) is 0.278. The largest absolute Gasteiger partial charge is 0.442 e. The number of aromatic nitrogens is 1. The van der Waals surface area contributed by atoms with Crippen LogP contribution in [0.4, 0.5) is 10.1 Å². The summed E-state index contributed by atoms with van der Waals surface area (Å²) in [4.78, 5) is 6.47. The minimum absolute atomic E-state index is 0.163. The van der Waals surface area contributed by atoms with Gasteiger partial charge in [0.2, 0.25) is 5.06 Å². The van der Waals surface area contributed by atoms with Gasteiger partial charge in [0.1, 0.15) is 28.9 Å². The Labute approximate surface area is 194 Å². The number of benzene rings is 2. The highest BCUT2D eigenvalue weighted by molar-refractivity contribution is 7.08. The molecular formula is C22H19Cl2FN4OS. The van der Waals surface area contributed by atoms with Crippen molar-refractivity contribution in [2.75, 3.05) is 7.05 Å². The number of aliphatic imine (C=N–C) groups is 1. The van der Waals surface area contributed by atoms with Gasteiger partial charge in [-0.3, -0.25) is 0 Å². The Hall–Kier alpha value is -2.66. The molecule has 0 bridgehead atoms. The first-order valence-electron chi connectivity index (χ1n) is 9.30. The summed E-state index contributed by atoms with van der Waals surface area (Å²) in [5.74, 6) is -0.0872. The molecule has 3 aromatic rings. The number of rotatable bonds is 6. The Bertz CT molecular complexity index is 1190. The van der Waals surface area contributed by atoms with E-state index in [0.29, 0.717) is 33.8 Å². The fraction of sp³-hybridized carbons (Fsp3) is 0.227. The maximum absolute atomic E-state index is 13.4. The van der Waals surface area contributed by atoms with Crippen molar-refractivity contribution in [1.82, 2.24) is 9.27 Å². The van der Waals surface area contributed by atoms with E-state index in [0.717, 1.165) is 17.1 Å². The number of nitriles is 1. The summed E-state index contributed by atoms with van der Waals surface area (Å²) in [6, 6.07) is 9.80. The van der Waals surface area contributed by atoms with Crippen molar-refractivity contribution in [2.24, 2.45) is 4.99 Å². The predicted molar refractivity (Wildman–Crippen MR) is 125 cm³/mol. The van der Waals surface area contributed by atoms with Gasteiger partial charge in [0, 0.05) is 30.2 Å². The van der Waals surface area contributed by atoms with E-state index in [2.05, 4.69) is 29.3 Å². The van der Waals surface area contributed by atoms with Crippen LogP contribution in [0.3, 0.4) is 0 Å². The second kappa shape index (κ2) is 9.65. The highest BCUT2D eigenvalue weighted by atomic mass is 35.5. The van der Waals surface area contributed by atoms with Gasteiger partial charge in [-0.25, -0.2) is 9.38 Å². The van der Waals surface area contributed by atoms with E-state index < -0.39 is 5.82 Å². The SMILES string of the molecule is Cc1cc(Oc2snc(-c3ccc(F)cc3Cl)c2C#N)c(Cl)cc1/N=C\N(C)C(C)C. The van der Waals surface area contributed by atoms with Crippen LogP contribution in [0, 0.1) is 24.1 Å². The Morgan fingerprint density at radius 1 is 1.26 bits per heavy atom. The molecule has 160 valence electrons. The molecule has 5 nitrogen and oxygen atoms in total. The molecule has 0 radical (unpaired) electrons. The first kappa shape index (κ1) is 23.0. The Morgan fingerprint density at radius 3 is 2.65 bits per heavy atom. The number of nitrogens with zero attached hydrogens (tertiary/aromatic N) is 4. The fourth-order valence-corrected chi connectivity index (χ4v) is 3.73. The lowest BCUT2D eigenvalue weighted by Gasteiger charge is -2.17. The summed E-state index contributed by atoms with van der Waals surface area (Å²) in [5, 5.41) is 10.5. The van der Waals surface area contributed by atoms with Crippen LogP contribution in [0.5, 0.6) is 10.8 Å². The molecule has 9 heteroatoms. The zero-order valence-corrected chi connectivity index (χ0v) is 19.6. The molecule has 0 spiro atoms. The van der Waals surface area contributed by atoms with Crippen molar-refractivity contribution in [3.63, 3.8) is 0 Å². The summed E-state index contributed by atoms with van der Waals surface area (Å²) in [6.45, 7) is 6.03. The minimum atomic E-state index is -0.469. The number of halogens is 3.